The number of hydrogen-bond donors (Lipinski definition) is 2. The van der Waals surface area contributed by atoms with E-state index in [4.69, 9.17) is 15.7 Å². The average molecular weight is 280 g/mol. The summed E-state index contributed by atoms with van der Waals surface area (Å²) in [5, 5.41) is 13.6. The number of nitrogens with two attached hydrogens (primary N) is 1. The van der Waals surface area contributed by atoms with Crippen molar-refractivity contribution in [1.82, 2.24) is 9.97 Å². The molecule has 0 aliphatic heterocycles. The van der Waals surface area contributed by atoms with Crippen LogP contribution in [-0.4, -0.2) is 21.0 Å². The fourth-order valence-corrected chi connectivity index (χ4v) is 1.90. The maximum atomic E-state index is 8.56. The molecule has 2 aromatic carbocycles. The summed E-state index contributed by atoms with van der Waals surface area (Å²) in [6.45, 7) is 0. The summed E-state index contributed by atoms with van der Waals surface area (Å²) < 4.78 is 5.64. The van der Waals surface area contributed by atoms with E-state index in [0.717, 1.165) is 10.8 Å². The number of rotatable bonds is 3. The Kier molecular flexibility index (Phi) is 3.34. The van der Waals surface area contributed by atoms with Gasteiger partial charge in [0.1, 0.15) is 11.4 Å². The van der Waals surface area contributed by atoms with Crippen LogP contribution in [-0.2, 0) is 0 Å². The normalized spacial score (nSPS) is 11.5. The monoisotopic (exact) mass is 280 g/mol. The number of fused-ring (bicyclic) bond motifs is 1. The minimum Gasteiger partial charge on any atom is -0.437 e. The Morgan fingerprint density at radius 3 is 2.57 bits per heavy atom. The van der Waals surface area contributed by atoms with Gasteiger partial charge in [-0.25, -0.2) is 9.97 Å². The average Bonchev–Trinajstić information content (AvgIpc) is 2.55. The number of amidine groups is 1. The summed E-state index contributed by atoms with van der Waals surface area (Å²) in [5.41, 5.74) is 5.70. The standard InChI is InChI=1S/C15H12N4O2/c16-15(19-20)13-8-18-14(9-17-13)21-12-6-5-10-3-1-2-4-11(10)7-12/h1-9,20H,(H2,16,19). The first-order valence-corrected chi connectivity index (χ1v) is 6.23. The first kappa shape index (κ1) is 12.9. The molecule has 3 aromatic rings. The number of oxime groups is 1. The molecule has 0 saturated carbocycles. The molecule has 0 aliphatic carbocycles. The van der Waals surface area contributed by atoms with Gasteiger partial charge >= 0.3 is 0 Å². The van der Waals surface area contributed by atoms with E-state index in [9.17, 15) is 0 Å². The maximum absolute atomic E-state index is 8.56. The van der Waals surface area contributed by atoms with Gasteiger partial charge in [-0.3, -0.25) is 0 Å². The molecule has 0 atom stereocenters. The van der Waals surface area contributed by atoms with Crippen LogP contribution < -0.4 is 10.5 Å². The zero-order valence-electron chi connectivity index (χ0n) is 11.0. The highest BCUT2D eigenvalue weighted by Gasteiger charge is 2.04. The Labute approximate surface area is 120 Å². The third kappa shape index (κ3) is 2.74. The van der Waals surface area contributed by atoms with Crippen LogP contribution in [0.4, 0.5) is 0 Å². The second-order valence-electron chi connectivity index (χ2n) is 4.34. The van der Waals surface area contributed by atoms with Crippen molar-refractivity contribution < 1.29 is 9.94 Å². The van der Waals surface area contributed by atoms with E-state index >= 15 is 0 Å². The molecule has 0 spiro atoms. The SMILES string of the molecule is NC(=NO)c1cnc(Oc2ccc3ccccc3c2)cn1. The van der Waals surface area contributed by atoms with Gasteiger partial charge in [-0.1, -0.05) is 35.5 Å². The van der Waals surface area contributed by atoms with Crippen LogP contribution in [0.15, 0.2) is 60.0 Å². The van der Waals surface area contributed by atoms with Crippen molar-refractivity contribution in [3.05, 3.63) is 60.6 Å². The van der Waals surface area contributed by atoms with E-state index in [2.05, 4.69) is 15.1 Å². The van der Waals surface area contributed by atoms with Crippen LogP contribution in [0.5, 0.6) is 11.6 Å². The minimum absolute atomic E-state index is 0.0974. The highest BCUT2D eigenvalue weighted by Crippen LogP contribution is 2.24. The molecule has 1 heterocycles. The van der Waals surface area contributed by atoms with Gasteiger partial charge in [-0.15, -0.1) is 0 Å². The van der Waals surface area contributed by atoms with Crippen molar-refractivity contribution in [2.24, 2.45) is 10.9 Å². The summed E-state index contributed by atoms with van der Waals surface area (Å²) in [6.07, 6.45) is 2.80. The van der Waals surface area contributed by atoms with Crippen LogP contribution >= 0.6 is 0 Å². The third-order valence-electron chi connectivity index (χ3n) is 2.94. The minimum atomic E-state index is -0.0974. The molecule has 0 aliphatic rings. The lowest BCUT2D eigenvalue weighted by Crippen LogP contribution is -2.15. The van der Waals surface area contributed by atoms with E-state index in [-0.39, 0.29) is 11.5 Å². The van der Waals surface area contributed by atoms with Gasteiger partial charge < -0.3 is 15.7 Å². The lowest BCUT2D eigenvalue weighted by molar-refractivity contribution is 0.318. The van der Waals surface area contributed by atoms with E-state index in [1.54, 1.807) is 0 Å². The van der Waals surface area contributed by atoms with Crippen LogP contribution in [0, 0.1) is 0 Å². The van der Waals surface area contributed by atoms with Gasteiger partial charge in [0.2, 0.25) is 5.88 Å². The molecule has 0 fully saturated rings. The van der Waals surface area contributed by atoms with Crippen molar-refractivity contribution in [1.29, 1.82) is 0 Å². The summed E-state index contributed by atoms with van der Waals surface area (Å²) in [5.74, 6) is 0.902. The molecule has 104 valence electrons. The summed E-state index contributed by atoms with van der Waals surface area (Å²) >= 11 is 0. The van der Waals surface area contributed by atoms with Crippen molar-refractivity contribution in [3.63, 3.8) is 0 Å². The highest BCUT2D eigenvalue weighted by atomic mass is 16.5. The predicted octanol–water partition coefficient (Wildman–Crippen LogP) is 2.52. The summed E-state index contributed by atoms with van der Waals surface area (Å²) in [4.78, 5) is 8.07. The zero-order chi connectivity index (χ0) is 14.7. The number of nitrogens with zero attached hydrogens (tertiary/aromatic N) is 3. The van der Waals surface area contributed by atoms with Crippen molar-refractivity contribution in [2.45, 2.75) is 0 Å². The van der Waals surface area contributed by atoms with Crippen molar-refractivity contribution in [3.8, 4) is 11.6 Å². The van der Waals surface area contributed by atoms with Crippen molar-refractivity contribution in [2.75, 3.05) is 0 Å². The second-order valence-corrected chi connectivity index (χ2v) is 4.34. The first-order valence-electron chi connectivity index (χ1n) is 6.23. The number of ether oxygens (including phenoxy) is 1. The Bertz CT molecular complexity index is 800. The molecule has 0 saturated heterocycles. The summed E-state index contributed by atoms with van der Waals surface area (Å²) in [6, 6.07) is 13.8. The van der Waals surface area contributed by atoms with Crippen LogP contribution in [0.1, 0.15) is 5.69 Å². The second kappa shape index (κ2) is 5.46. The van der Waals surface area contributed by atoms with Gasteiger partial charge in [0, 0.05) is 0 Å². The molecule has 6 heteroatoms. The largest absolute Gasteiger partial charge is 0.437 e. The van der Waals surface area contributed by atoms with Gasteiger partial charge in [-0.05, 0) is 22.9 Å². The molecule has 3 N–H and O–H groups in total. The molecule has 21 heavy (non-hydrogen) atoms. The molecule has 0 bridgehead atoms. The first-order chi connectivity index (χ1) is 10.3. The Balaban J connectivity index is 1.84. The number of aromatic nitrogens is 2. The fraction of sp³-hybridized carbons (Fsp3) is 0. The van der Waals surface area contributed by atoms with Gasteiger partial charge in [0.15, 0.2) is 5.84 Å². The molecule has 6 nitrogen and oxygen atoms in total. The van der Waals surface area contributed by atoms with E-state index in [1.807, 2.05) is 42.5 Å². The van der Waals surface area contributed by atoms with E-state index in [0.29, 0.717) is 11.6 Å². The number of hydrogen-bond acceptors (Lipinski definition) is 5. The van der Waals surface area contributed by atoms with Crippen LogP contribution in [0.2, 0.25) is 0 Å². The van der Waals surface area contributed by atoms with Gasteiger partial charge in [0.25, 0.3) is 0 Å². The lowest BCUT2D eigenvalue weighted by atomic mass is 10.1. The van der Waals surface area contributed by atoms with Gasteiger partial charge in [-0.2, -0.15) is 0 Å². The molecule has 0 unspecified atom stereocenters. The number of benzene rings is 2. The summed E-state index contributed by atoms with van der Waals surface area (Å²) in [7, 11) is 0. The van der Waals surface area contributed by atoms with E-state index < -0.39 is 0 Å². The molecular formula is C15H12N4O2. The lowest BCUT2D eigenvalue weighted by Gasteiger charge is -2.06. The topological polar surface area (TPSA) is 93.6 Å². The van der Waals surface area contributed by atoms with Gasteiger partial charge in [0.05, 0.1) is 12.4 Å². The predicted molar refractivity (Wildman–Crippen MR) is 78.6 cm³/mol. The highest BCUT2D eigenvalue weighted by molar-refractivity contribution is 5.94. The maximum Gasteiger partial charge on any atom is 0.237 e. The molecule has 0 radical (unpaired) electrons. The van der Waals surface area contributed by atoms with Crippen LogP contribution in [0.3, 0.4) is 0 Å². The zero-order valence-corrected chi connectivity index (χ0v) is 11.0. The van der Waals surface area contributed by atoms with Crippen molar-refractivity contribution >= 4 is 16.6 Å². The Morgan fingerprint density at radius 1 is 1.05 bits per heavy atom. The third-order valence-corrected chi connectivity index (χ3v) is 2.94. The fourth-order valence-electron chi connectivity index (χ4n) is 1.90. The molecule has 1 aromatic heterocycles. The van der Waals surface area contributed by atoms with Crippen LogP contribution in [0.25, 0.3) is 10.8 Å². The molecular weight excluding hydrogens is 268 g/mol. The Morgan fingerprint density at radius 2 is 1.86 bits per heavy atom. The Hall–Kier alpha value is -3.15. The smallest absolute Gasteiger partial charge is 0.237 e. The quantitative estimate of drug-likeness (QED) is 0.333. The van der Waals surface area contributed by atoms with E-state index in [1.165, 1.54) is 12.4 Å². The molecule has 3 rings (SSSR count). The molecule has 0 amide bonds.